The molecule has 9 atom stereocenters. The zero-order valence-corrected chi connectivity index (χ0v) is 15.5. The minimum Gasteiger partial charge on any atom is -0.361 e. The van der Waals surface area contributed by atoms with Crippen molar-refractivity contribution in [2.75, 3.05) is 13.2 Å². The van der Waals surface area contributed by atoms with Crippen molar-refractivity contribution in [1.29, 1.82) is 0 Å². The molecular weight excluding hydrogens is 326 g/mol. The Morgan fingerprint density at radius 2 is 2.04 bits per heavy atom. The lowest BCUT2D eigenvalue weighted by Crippen LogP contribution is -2.72. The first-order valence-electron chi connectivity index (χ1n) is 10.6. The van der Waals surface area contributed by atoms with Gasteiger partial charge in [-0.05, 0) is 37.0 Å². The topological polar surface area (TPSA) is 46.6 Å². The maximum atomic E-state index is 13.7. The minimum absolute atomic E-state index is 0.0327. The molecule has 0 amide bonds. The van der Waals surface area contributed by atoms with Gasteiger partial charge < -0.3 is 4.74 Å². The van der Waals surface area contributed by atoms with Crippen molar-refractivity contribution in [2.45, 2.75) is 57.7 Å². The number of Topliss-reactive ketones (excluding diaryl/α,β-unsaturated/α-hetero) is 2. The first-order chi connectivity index (χ1) is 12.4. The number of allylic oxidation sites excluding steroid dienone is 1. The van der Waals surface area contributed by atoms with Gasteiger partial charge in [0.05, 0.1) is 6.61 Å². The highest BCUT2D eigenvalue weighted by atomic mass is 16.5. The molecule has 138 valence electrons. The van der Waals surface area contributed by atoms with Crippen LogP contribution in [0.3, 0.4) is 0 Å². The lowest BCUT2D eigenvalue weighted by Gasteiger charge is -2.66. The quantitative estimate of drug-likeness (QED) is 0.628. The van der Waals surface area contributed by atoms with Gasteiger partial charge in [0.15, 0.2) is 0 Å². The molecule has 2 heterocycles. The SMILES string of the molecule is C=C1C[C@]23CC(=O)[C@H]4[C@]56CCC[C@@]4(C)C4OCCN4[C@@H]5C2C[C@H]1C(=O)[C@H]36. The molecule has 4 nitrogen and oxygen atoms in total. The number of nitrogens with zero attached hydrogens (tertiary/aromatic N) is 1. The lowest BCUT2D eigenvalue weighted by atomic mass is 9.39. The largest absolute Gasteiger partial charge is 0.361 e. The number of hydrogen-bond donors (Lipinski definition) is 0. The predicted molar refractivity (Wildman–Crippen MR) is 94.0 cm³/mol. The maximum absolute atomic E-state index is 13.7. The Bertz CT molecular complexity index is 805. The number of hydrogen-bond acceptors (Lipinski definition) is 4. The van der Waals surface area contributed by atoms with Crippen LogP contribution in [-0.4, -0.2) is 41.9 Å². The van der Waals surface area contributed by atoms with Crippen LogP contribution in [0.2, 0.25) is 0 Å². The molecular formula is C22H27NO3. The van der Waals surface area contributed by atoms with Crippen molar-refractivity contribution >= 4 is 11.6 Å². The summed E-state index contributed by atoms with van der Waals surface area (Å²) in [4.78, 5) is 30.0. The van der Waals surface area contributed by atoms with Gasteiger partial charge in [0.2, 0.25) is 0 Å². The molecule has 6 aliphatic carbocycles. The second kappa shape index (κ2) is 4.05. The third-order valence-electron chi connectivity index (χ3n) is 10.1. The summed E-state index contributed by atoms with van der Waals surface area (Å²) in [5, 5.41) is 0. The van der Waals surface area contributed by atoms with Gasteiger partial charge in [-0.1, -0.05) is 25.5 Å². The number of carbonyl (C=O) groups is 2. The predicted octanol–water partition coefficient (Wildman–Crippen LogP) is 2.57. The van der Waals surface area contributed by atoms with Crippen LogP contribution >= 0.6 is 0 Å². The van der Waals surface area contributed by atoms with E-state index < -0.39 is 0 Å². The Labute approximate surface area is 154 Å². The third-order valence-corrected chi connectivity index (χ3v) is 10.1. The second-order valence-electron chi connectivity index (χ2n) is 10.8. The number of piperidine rings is 1. The highest BCUT2D eigenvalue weighted by molar-refractivity contribution is 5.97. The van der Waals surface area contributed by atoms with Gasteiger partial charge in [-0.3, -0.25) is 14.5 Å². The van der Waals surface area contributed by atoms with E-state index in [0.29, 0.717) is 29.9 Å². The number of rotatable bonds is 0. The fraction of sp³-hybridized carbons (Fsp3) is 0.818. The number of ketones is 2. The van der Waals surface area contributed by atoms with Crippen molar-refractivity contribution in [1.82, 2.24) is 4.90 Å². The molecule has 0 radical (unpaired) electrons. The zero-order chi connectivity index (χ0) is 17.6. The lowest BCUT2D eigenvalue weighted by molar-refractivity contribution is -0.231. The first-order valence-corrected chi connectivity index (χ1v) is 10.6. The number of fused-ring (bicyclic) bond motifs is 4. The normalized spacial score (nSPS) is 62.0. The molecule has 6 bridgehead atoms. The zero-order valence-electron chi connectivity index (χ0n) is 15.5. The molecule has 0 aromatic heterocycles. The van der Waals surface area contributed by atoms with E-state index in [1.165, 1.54) is 0 Å². The van der Waals surface area contributed by atoms with E-state index in [4.69, 9.17) is 4.74 Å². The van der Waals surface area contributed by atoms with Gasteiger partial charge in [-0.25, -0.2) is 0 Å². The molecule has 6 saturated carbocycles. The Hall–Kier alpha value is -1.00. The van der Waals surface area contributed by atoms with E-state index in [1.54, 1.807) is 0 Å². The molecule has 2 unspecified atom stereocenters. The van der Waals surface area contributed by atoms with Gasteiger partial charge >= 0.3 is 0 Å². The van der Waals surface area contributed by atoms with E-state index in [9.17, 15) is 9.59 Å². The summed E-state index contributed by atoms with van der Waals surface area (Å²) in [5.41, 5.74) is 0.787. The van der Waals surface area contributed by atoms with Crippen molar-refractivity contribution in [3.63, 3.8) is 0 Å². The van der Waals surface area contributed by atoms with Crippen LogP contribution in [0.4, 0.5) is 0 Å². The van der Waals surface area contributed by atoms with Crippen LogP contribution < -0.4 is 0 Å². The first kappa shape index (κ1) is 15.0. The van der Waals surface area contributed by atoms with Gasteiger partial charge in [-0.15, -0.1) is 0 Å². The van der Waals surface area contributed by atoms with E-state index in [1.807, 2.05) is 0 Å². The fourth-order valence-electron chi connectivity index (χ4n) is 10.1. The van der Waals surface area contributed by atoms with Gasteiger partial charge in [0.1, 0.15) is 17.8 Å². The summed E-state index contributed by atoms with van der Waals surface area (Å²) in [6.07, 6.45) is 5.85. The van der Waals surface area contributed by atoms with Crippen LogP contribution in [0.5, 0.6) is 0 Å². The second-order valence-corrected chi connectivity index (χ2v) is 10.8. The molecule has 0 aromatic rings. The average Bonchev–Trinajstić information content (AvgIpc) is 3.07. The molecule has 0 aromatic carbocycles. The van der Waals surface area contributed by atoms with Gasteiger partial charge in [-0.2, -0.15) is 0 Å². The van der Waals surface area contributed by atoms with Crippen molar-refractivity contribution < 1.29 is 14.3 Å². The Morgan fingerprint density at radius 3 is 2.88 bits per heavy atom. The summed E-state index contributed by atoms with van der Waals surface area (Å²) in [6.45, 7) is 8.35. The molecule has 2 spiro atoms. The van der Waals surface area contributed by atoms with E-state index in [2.05, 4.69) is 18.4 Å². The molecule has 8 fully saturated rings. The summed E-state index contributed by atoms with van der Waals surface area (Å²) in [5.74, 6) is 1.60. The molecule has 8 aliphatic rings. The number of ether oxygens (including phenoxy) is 1. The van der Waals surface area contributed by atoms with Crippen LogP contribution in [0.15, 0.2) is 12.2 Å². The molecule has 4 heteroatoms. The Balaban J connectivity index is 1.56. The molecule has 0 N–H and O–H groups in total. The van der Waals surface area contributed by atoms with E-state index in [0.717, 1.165) is 50.8 Å². The summed E-state index contributed by atoms with van der Waals surface area (Å²) >= 11 is 0. The standard InChI is InChI=1S/C22H27NO3/c1-11-9-21-10-14(24)16-20(2)4-3-5-22(16)17(21)15(25)12(11)8-13(21)18(22)23-6-7-26-19(20)23/h12-13,16-19H,1,3-10H2,2H3/t12-,13?,16-,17-,18-,19?,20-,21+,22+/m1/s1. The monoisotopic (exact) mass is 353 g/mol. The van der Waals surface area contributed by atoms with E-state index in [-0.39, 0.29) is 40.2 Å². The molecule has 26 heavy (non-hydrogen) atoms. The highest BCUT2D eigenvalue weighted by Gasteiger charge is 2.85. The highest BCUT2D eigenvalue weighted by Crippen LogP contribution is 2.82. The average molecular weight is 353 g/mol. The molecule has 2 aliphatic heterocycles. The van der Waals surface area contributed by atoms with Crippen molar-refractivity contribution in [3.8, 4) is 0 Å². The maximum Gasteiger partial charge on any atom is 0.144 e. The van der Waals surface area contributed by atoms with E-state index >= 15 is 0 Å². The van der Waals surface area contributed by atoms with Gasteiger partial charge in [0.25, 0.3) is 0 Å². The van der Waals surface area contributed by atoms with Crippen LogP contribution in [-0.2, 0) is 14.3 Å². The summed E-state index contributed by atoms with van der Waals surface area (Å²) in [6, 6.07) is 0.381. The van der Waals surface area contributed by atoms with Gasteiger partial charge in [0, 0.05) is 47.6 Å². The number of carbonyl (C=O) groups excluding carboxylic acids is 2. The van der Waals surface area contributed by atoms with Crippen LogP contribution in [0, 0.1) is 39.9 Å². The van der Waals surface area contributed by atoms with Crippen LogP contribution in [0.1, 0.15) is 45.4 Å². The van der Waals surface area contributed by atoms with Crippen molar-refractivity contribution in [2.24, 2.45) is 39.9 Å². The van der Waals surface area contributed by atoms with Crippen LogP contribution in [0.25, 0.3) is 0 Å². The third kappa shape index (κ3) is 1.18. The smallest absolute Gasteiger partial charge is 0.144 e. The Morgan fingerprint density at radius 1 is 1.19 bits per heavy atom. The molecule has 8 rings (SSSR count). The molecule has 2 saturated heterocycles. The van der Waals surface area contributed by atoms with Crippen molar-refractivity contribution in [3.05, 3.63) is 12.2 Å². The fourth-order valence-corrected chi connectivity index (χ4v) is 10.1. The summed E-state index contributed by atoms with van der Waals surface area (Å²) in [7, 11) is 0. The minimum atomic E-state index is -0.114. The Kier molecular flexibility index (Phi) is 2.33. The summed E-state index contributed by atoms with van der Waals surface area (Å²) < 4.78 is 6.29.